The summed E-state index contributed by atoms with van der Waals surface area (Å²) in [4.78, 5) is 10.2. The van der Waals surface area contributed by atoms with Gasteiger partial charge in [-0.1, -0.05) is 18.8 Å². The van der Waals surface area contributed by atoms with E-state index < -0.39 is 12.0 Å². The highest BCUT2D eigenvalue weighted by atomic mass is 31.0. The van der Waals surface area contributed by atoms with Crippen LogP contribution in [0.15, 0.2) is 0 Å². The van der Waals surface area contributed by atoms with Crippen LogP contribution in [0.4, 0.5) is 0 Å². The van der Waals surface area contributed by atoms with Crippen LogP contribution in [0, 0.1) is 0 Å². The Morgan fingerprint density at radius 1 is 1.67 bits per heavy atom. The second-order valence-corrected chi connectivity index (χ2v) is 2.21. The van der Waals surface area contributed by atoms with Crippen LogP contribution in [0.5, 0.6) is 0 Å². The zero-order chi connectivity index (χ0) is 7.28. The Hall–Kier alpha value is 0.250. The fourth-order valence-corrected chi connectivity index (χ4v) is 0.832. The van der Waals surface area contributed by atoms with Gasteiger partial charge in [-0.15, -0.1) is 0 Å². The first-order valence-corrected chi connectivity index (χ1v) is 3.50. The second kappa shape index (κ2) is 5.07. The predicted molar refractivity (Wildman–Crippen MR) is 42.0 cm³/mol. The molecule has 0 aromatic rings. The molecule has 0 aliphatic rings. The van der Waals surface area contributed by atoms with Gasteiger partial charge in [0.1, 0.15) is 6.04 Å². The van der Waals surface area contributed by atoms with E-state index in [1.165, 1.54) is 0 Å². The van der Waals surface area contributed by atoms with Gasteiger partial charge in [0, 0.05) is 6.54 Å². The molecular formula is C3H10N2O2P2. The van der Waals surface area contributed by atoms with Crippen LogP contribution in [0.25, 0.3) is 0 Å². The Morgan fingerprint density at radius 2 is 2.22 bits per heavy atom. The molecule has 54 valence electrons. The fraction of sp³-hybridized carbons (Fsp3) is 0.667. The number of rotatable bonds is 4. The second-order valence-electron chi connectivity index (χ2n) is 1.47. The van der Waals surface area contributed by atoms with Gasteiger partial charge in [-0.2, -0.15) is 0 Å². The first-order valence-electron chi connectivity index (χ1n) is 2.34. The van der Waals surface area contributed by atoms with Crippen molar-refractivity contribution in [3.05, 3.63) is 0 Å². The quantitative estimate of drug-likeness (QED) is 0.481. The molecule has 0 aromatic heterocycles. The number of carboxylic acids is 1. The van der Waals surface area contributed by atoms with Crippen LogP contribution in [0.2, 0.25) is 0 Å². The number of aliphatic carboxylic acids is 1. The molecule has 3 unspecified atom stereocenters. The zero-order valence-corrected chi connectivity index (χ0v) is 7.10. The summed E-state index contributed by atoms with van der Waals surface area (Å²) in [6.45, 7) is 0.392. The molecule has 0 aliphatic heterocycles. The third-order valence-electron chi connectivity index (χ3n) is 0.821. The summed E-state index contributed by atoms with van der Waals surface area (Å²) in [5.41, 5.74) is 0. The third kappa shape index (κ3) is 3.77. The topological polar surface area (TPSA) is 61.4 Å². The lowest BCUT2D eigenvalue weighted by Crippen LogP contribution is -2.37. The van der Waals surface area contributed by atoms with Crippen molar-refractivity contribution in [1.29, 1.82) is 0 Å². The Kier molecular flexibility index (Phi) is 5.21. The standard InChI is InChI=1S/C3H10N2O2P2/c6-3(7)2(5-9)1-4-8/h2,4-5H,1,8-9H2,(H,6,7). The van der Waals surface area contributed by atoms with E-state index in [4.69, 9.17) is 5.11 Å². The summed E-state index contributed by atoms with van der Waals surface area (Å²) in [6.07, 6.45) is 0. The molecule has 0 radical (unpaired) electrons. The predicted octanol–water partition coefficient (Wildman–Crippen LogP) is -0.801. The van der Waals surface area contributed by atoms with Gasteiger partial charge in [-0.25, -0.2) is 0 Å². The third-order valence-corrected chi connectivity index (χ3v) is 1.46. The van der Waals surface area contributed by atoms with Crippen LogP contribution in [-0.4, -0.2) is 23.7 Å². The lowest BCUT2D eigenvalue weighted by molar-refractivity contribution is -0.138. The SMILES string of the molecule is O=C(O)C(CNP)NP. The molecule has 0 heterocycles. The number of hydrogen-bond donors (Lipinski definition) is 3. The van der Waals surface area contributed by atoms with Crippen molar-refractivity contribution in [1.82, 2.24) is 10.2 Å². The van der Waals surface area contributed by atoms with E-state index in [9.17, 15) is 4.79 Å². The van der Waals surface area contributed by atoms with E-state index >= 15 is 0 Å². The smallest absolute Gasteiger partial charge is 0.322 e. The molecule has 0 aliphatic carbocycles. The monoisotopic (exact) mass is 168 g/mol. The molecule has 0 rings (SSSR count). The summed E-state index contributed by atoms with van der Waals surface area (Å²) >= 11 is 0. The summed E-state index contributed by atoms with van der Waals surface area (Å²) < 4.78 is 0. The lowest BCUT2D eigenvalue weighted by atomic mass is 10.3. The normalized spacial score (nSPS) is 13.1. The maximum Gasteiger partial charge on any atom is 0.322 e. The van der Waals surface area contributed by atoms with Crippen molar-refractivity contribution in [2.24, 2.45) is 0 Å². The van der Waals surface area contributed by atoms with Crippen molar-refractivity contribution in [2.75, 3.05) is 6.54 Å². The van der Waals surface area contributed by atoms with Gasteiger partial charge in [0.15, 0.2) is 0 Å². The van der Waals surface area contributed by atoms with Gasteiger partial charge in [0.25, 0.3) is 0 Å². The maximum absolute atomic E-state index is 10.2. The van der Waals surface area contributed by atoms with E-state index in [-0.39, 0.29) is 0 Å². The fourth-order valence-electron chi connectivity index (χ4n) is 0.335. The molecule has 3 atom stereocenters. The van der Waals surface area contributed by atoms with E-state index in [1.807, 2.05) is 0 Å². The van der Waals surface area contributed by atoms with Crippen molar-refractivity contribution < 1.29 is 9.90 Å². The number of carbonyl (C=O) groups is 1. The largest absolute Gasteiger partial charge is 0.480 e. The molecule has 0 aromatic carbocycles. The van der Waals surface area contributed by atoms with Crippen LogP contribution < -0.4 is 10.2 Å². The average molecular weight is 168 g/mol. The van der Waals surface area contributed by atoms with E-state index in [2.05, 4.69) is 29.0 Å². The maximum atomic E-state index is 10.2. The first-order chi connectivity index (χ1) is 4.22. The van der Waals surface area contributed by atoms with Gasteiger partial charge in [0.05, 0.1) is 0 Å². The molecule has 0 amide bonds. The first kappa shape index (κ1) is 9.25. The molecule has 3 N–H and O–H groups in total. The van der Waals surface area contributed by atoms with Crippen LogP contribution >= 0.6 is 18.8 Å². The van der Waals surface area contributed by atoms with Gasteiger partial charge < -0.3 is 5.11 Å². The number of hydrogen-bond acceptors (Lipinski definition) is 3. The molecular weight excluding hydrogens is 158 g/mol. The molecule has 0 saturated carbocycles. The molecule has 9 heavy (non-hydrogen) atoms. The van der Waals surface area contributed by atoms with Crippen LogP contribution in [-0.2, 0) is 4.79 Å². The van der Waals surface area contributed by atoms with E-state index in [0.717, 1.165) is 0 Å². The molecule has 0 fully saturated rings. The summed E-state index contributed by atoms with van der Waals surface area (Å²) in [5.74, 6) is -0.861. The van der Waals surface area contributed by atoms with Crippen molar-refractivity contribution in [3.63, 3.8) is 0 Å². The Bertz CT molecular complexity index is 99.8. The number of nitrogens with one attached hydrogen (secondary N) is 2. The number of carboxylic acid groups (broad SMARTS) is 1. The molecule has 0 saturated heterocycles. The summed E-state index contributed by atoms with van der Waals surface area (Å²) in [6, 6.07) is -0.535. The highest BCUT2D eigenvalue weighted by molar-refractivity contribution is 7.14. The lowest BCUT2D eigenvalue weighted by Gasteiger charge is -2.08. The van der Waals surface area contributed by atoms with E-state index in [0.29, 0.717) is 6.54 Å². The molecule has 0 spiro atoms. The van der Waals surface area contributed by atoms with Crippen molar-refractivity contribution in [2.45, 2.75) is 6.04 Å². The Balaban J connectivity index is 3.54. The summed E-state index contributed by atoms with van der Waals surface area (Å²) in [7, 11) is 4.39. The Morgan fingerprint density at radius 3 is 2.33 bits per heavy atom. The molecule has 6 heteroatoms. The molecule has 4 nitrogen and oxygen atoms in total. The van der Waals surface area contributed by atoms with Gasteiger partial charge in [-0.05, 0) is 0 Å². The van der Waals surface area contributed by atoms with Gasteiger partial charge in [-0.3, -0.25) is 15.0 Å². The van der Waals surface area contributed by atoms with E-state index in [1.54, 1.807) is 0 Å². The highest BCUT2D eigenvalue weighted by Crippen LogP contribution is 1.86. The summed E-state index contributed by atoms with van der Waals surface area (Å²) in [5, 5.41) is 13.6. The average Bonchev–Trinajstić information content (AvgIpc) is 1.82. The van der Waals surface area contributed by atoms with Crippen LogP contribution in [0.3, 0.4) is 0 Å². The minimum atomic E-state index is -0.861. The van der Waals surface area contributed by atoms with Gasteiger partial charge in [0.2, 0.25) is 0 Å². The van der Waals surface area contributed by atoms with Crippen molar-refractivity contribution in [3.8, 4) is 0 Å². The zero-order valence-electron chi connectivity index (χ0n) is 4.79. The van der Waals surface area contributed by atoms with Crippen molar-refractivity contribution >= 4 is 24.8 Å². The van der Waals surface area contributed by atoms with Gasteiger partial charge >= 0.3 is 5.97 Å². The highest BCUT2D eigenvalue weighted by Gasteiger charge is 2.11. The molecule has 0 bridgehead atoms. The van der Waals surface area contributed by atoms with Crippen LogP contribution in [0.1, 0.15) is 0 Å². The minimum Gasteiger partial charge on any atom is -0.480 e. The Labute approximate surface area is 58.3 Å². The minimum absolute atomic E-state index is 0.392.